The van der Waals surface area contributed by atoms with Crippen molar-refractivity contribution in [2.24, 2.45) is 0 Å². The maximum absolute atomic E-state index is 12.7. The number of fused-ring (bicyclic) bond motifs is 1. The average molecular weight is 389 g/mol. The van der Waals surface area contributed by atoms with Crippen LogP contribution in [0.2, 0.25) is 0 Å². The summed E-state index contributed by atoms with van der Waals surface area (Å²) >= 11 is 0. The summed E-state index contributed by atoms with van der Waals surface area (Å²) in [5.74, 6) is -1.50. The summed E-state index contributed by atoms with van der Waals surface area (Å²) < 4.78 is 43.6. The number of hydrogen-bond donors (Lipinski definition) is 1. The molecule has 0 aliphatic carbocycles. The van der Waals surface area contributed by atoms with Gasteiger partial charge in [0.15, 0.2) is 0 Å². The Hall–Kier alpha value is -3.36. The molecule has 6 nitrogen and oxygen atoms in total. The van der Waals surface area contributed by atoms with Gasteiger partial charge in [-0.15, -0.1) is 0 Å². The number of likely N-dealkylation sites (tertiary alicyclic amines) is 1. The predicted octanol–water partition coefficient (Wildman–Crippen LogP) is 3.05. The van der Waals surface area contributed by atoms with E-state index in [4.69, 9.17) is 4.74 Å². The Balaban J connectivity index is 1.39. The molecule has 1 aliphatic heterocycles. The number of benzene rings is 1. The van der Waals surface area contributed by atoms with E-state index in [1.807, 2.05) is 6.07 Å². The van der Waals surface area contributed by atoms with Crippen molar-refractivity contribution in [3.05, 3.63) is 59.9 Å². The smallest absolute Gasteiger partial charge is 0.416 e. The normalized spacial score (nSPS) is 14.8. The van der Waals surface area contributed by atoms with E-state index in [0.717, 1.165) is 23.8 Å². The van der Waals surface area contributed by atoms with Gasteiger partial charge < -0.3 is 14.6 Å². The van der Waals surface area contributed by atoms with Gasteiger partial charge in [0.25, 0.3) is 11.7 Å². The first-order valence-electron chi connectivity index (χ1n) is 8.42. The molecule has 1 aliphatic rings. The quantitative estimate of drug-likeness (QED) is 0.550. The number of aromatic amines is 1. The highest BCUT2D eigenvalue weighted by atomic mass is 19.4. The molecule has 0 saturated carbocycles. The second-order valence-corrected chi connectivity index (χ2v) is 6.41. The first-order valence-corrected chi connectivity index (χ1v) is 8.42. The molecule has 1 N–H and O–H groups in total. The number of H-pyrrole nitrogens is 1. The monoisotopic (exact) mass is 389 g/mol. The van der Waals surface area contributed by atoms with E-state index in [0.29, 0.717) is 5.39 Å². The molecular weight excluding hydrogens is 375 g/mol. The van der Waals surface area contributed by atoms with Crippen molar-refractivity contribution >= 4 is 22.6 Å². The molecule has 2 aromatic heterocycles. The molecule has 1 saturated heterocycles. The molecule has 1 aromatic carbocycles. The molecule has 3 heterocycles. The number of alkyl halides is 3. The van der Waals surface area contributed by atoms with E-state index in [2.05, 4.69) is 9.97 Å². The number of pyridine rings is 1. The number of carbonyl (C=O) groups is 2. The second-order valence-electron chi connectivity index (χ2n) is 6.41. The summed E-state index contributed by atoms with van der Waals surface area (Å²) in [5, 5.41) is 0.655. The Morgan fingerprint density at radius 2 is 1.93 bits per heavy atom. The molecule has 0 radical (unpaired) electrons. The van der Waals surface area contributed by atoms with Crippen molar-refractivity contribution in [2.45, 2.75) is 12.3 Å². The van der Waals surface area contributed by atoms with Crippen LogP contribution in [0.5, 0.6) is 5.88 Å². The minimum absolute atomic E-state index is 0.102. The van der Waals surface area contributed by atoms with E-state index >= 15 is 0 Å². The van der Waals surface area contributed by atoms with Crippen LogP contribution in [0.3, 0.4) is 0 Å². The van der Waals surface area contributed by atoms with E-state index < -0.39 is 29.5 Å². The van der Waals surface area contributed by atoms with Crippen LogP contribution < -0.4 is 4.74 Å². The Kier molecular flexibility index (Phi) is 4.29. The topological polar surface area (TPSA) is 75.3 Å². The zero-order valence-corrected chi connectivity index (χ0v) is 14.4. The lowest BCUT2D eigenvalue weighted by Crippen LogP contribution is -2.57. The van der Waals surface area contributed by atoms with Crippen LogP contribution in [0.25, 0.3) is 10.9 Å². The van der Waals surface area contributed by atoms with Crippen LogP contribution in [0.4, 0.5) is 13.2 Å². The summed E-state index contributed by atoms with van der Waals surface area (Å²) in [6.07, 6.45) is -2.50. The number of nitrogens with zero attached hydrogens (tertiary/aromatic N) is 2. The summed E-state index contributed by atoms with van der Waals surface area (Å²) in [7, 11) is 0. The van der Waals surface area contributed by atoms with E-state index in [9.17, 15) is 22.8 Å². The van der Waals surface area contributed by atoms with Gasteiger partial charge in [-0.05, 0) is 12.1 Å². The number of rotatable bonds is 4. The Morgan fingerprint density at radius 1 is 1.18 bits per heavy atom. The minimum atomic E-state index is -4.49. The third kappa shape index (κ3) is 3.30. The van der Waals surface area contributed by atoms with Crippen molar-refractivity contribution in [3.63, 3.8) is 0 Å². The van der Waals surface area contributed by atoms with Crippen LogP contribution in [0, 0.1) is 0 Å². The van der Waals surface area contributed by atoms with Crippen LogP contribution >= 0.6 is 0 Å². The molecule has 3 aromatic rings. The third-order valence-electron chi connectivity index (χ3n) is 4.51. The van der Waals surface area contributed by atoms with Crippen molar-refractivity contribution < 1.29 is 27.5 Å². The molecule has 0 spiro atoms. The Morgan fingerprint density at radius 3 is 2.68 bits per heavy atom. The number of carbonyl (C=O) groups excluding carboxylic acids is 2. The van der Waals surface area contributed by atoms with Gasteiger partial charge >= 0.3 is 6.18 Å². The maximum atomic E-state index is 12.7. The van der Waals surface area contributed by atoms with E-state index in [1.54, 1.807) is 18.2 Å². The fourth-order valence-corrected chi connectivity index (χ4v) is 3.02. The maximum Gasteiger partial charge on any atom is 0.416 e. The van der Waals surface area contributed by atoms with Crippen LogP contribution in [0.1, 0.15) is 15.9 Å². The molecule has 0 unspecified atom stereocenters. The molecule has 9 heteroatoms. The van der Waals surface area contributed by atoms with Crippen molar-refractivity contribution in [1.29, 1.82) is 0 Å². The number of aromatic nitrogens is 2. The first-order chi connectivity index (χ1) is 13.3. The minimum Gasteiger partial charge on any atom is -0.471 e. The molecular formula is C19H14F3N3O3. The standard InChI is InChI=1S/C19H14F3N3O3/c20-19(21,22)11-5-6-23-16(7-11)28-12-9-25(10-12)18(27)17(26)14-8-24-15-4-2-1-3-13(14)15/h1-8,12,24H,9-10H2. The second kappa shape index (κ2) is 6.66. The lowest BCUT2D eigenvalue weighted by Gasteiger charge is -2.38. The van der Waals surface area contributed by atoms with Gasteiger partial charge in [0.2, 0.25) is 5.88 Å². The van der Waals surface area contributed by atoms with Crippen molar-refractivity contribution in [2.75, 3.05) is 13.1 Å². The zero-order chi connectivity index (χ0) is 19.9. The molecule has 28 heavy (non-hydrogen) atoms. The zero-order valence-electron chi connectivity index (χ0n) is 14.4. The Bertz CT molecular complexity index is 1060. The van der Waals surface area contributed by atoms with Crippen molar-refractivity contribution in [1.82, 2.24) is 14.9 Å². The summed E-state index contributed by atoms with van der Waals surface area (Å²) in [6.45, 7) is 0.204. The fourth-order valence-electron chi connectivity index (χ4n) is 3.02. The number of amides is 1. The number of ether oxygens (including phenoxy) is 1. The highest BCUT2D eigenvalue weighted by Crippen LogP contribution is 2.31. The lowest BCUT2D eigenvalue weighted by atomic mass is 10.1. The van der Waals surface area contributed by atoms with E-state index in [-0.39, 0.29) is 24.5 Å². The first kappa shape index (κ1) is 18.0. The fraction of sp³-hybridized carbons (Fsp3) is 0.211. The number of hydrogen-bond acceptors (Lipinski definition) is 4. The molecule has 144 valence electrons. The molecule has 4 rings (SSSR count). The largest absolute Gasteiger partial charge is 0.471 e. The predicted molar refractivity (Wildman–Crippen MR) is 92.9 cm³/mol. The van der Waals surface area contributed by atoms with Crippen LogP contribution in [-0.2, 0) is 11.0 Å². The Labute approximate surface area is 156 Å². The number of para-hydroxylation sites is 1. The lowest BCUT2D eigenvalue weighted by molar-refractivity contribution is -0.137. The number of nitrogens with one attached hydrogen (secondary N) is 1. The number of Topliss-reactive ketones (excluding diaryl/α,β-unsaturated/α-hetero) is 1. The van der Waals surface area contributed by atoms with Crippen LogP contribution in [-0.4, -0.2) is 45.8 Å². The molecule has 1 fully saturated rings. The average Bonchev–Trinajstić information content (AvgIpc) is 3.07. The molecule has 0 atom stereocenters. The molecule has 0 bridgehead atoms. The summed E-state index contributed by atoms with van der Waals surface area (Å²) in [4.78, 5) is 32.9. The summed E-state index contributed by atoms with van der Waals surface area (Å²) in [5.41, 5.74) is 0.169. The van der Waals surface area contributed by atoms with Crippen LogP contribution in [0.15, 0.2) is 48.8 Å². The van der Waals surface area contributed by atoms with Gasteiger partial charge in [-0.1, -0.05) is 18.2 Å². The number of ketones is 1. The third-order valence-corrected chi connectivity index (χ3v) is 4.51. The van der Waals surface area contributed by atoms with E-state index in [1.165, 1.54) is 11.1 Å². The SMILES string of the molecule is O=C(C(=O)N1CC(Oc2cc(C(F)(F)F)ccn2)C1)c1c[nH]c2ccccc12. The van der Waals surface area contributed by atoms with Gasteiger partial charge in [0.05, 0.1) is 24.2 Å². The summed E-state index contributed by atoms with van der Waals surface area (Å²) in [6, 6.07) is 8.78. The van der Waals surface area contributed by atoms with Gasteiger partial charge in [-0.2, -0.15) is 13.2 Å². The van der Waals surface area contributed by atoms with Crippen molar-refractivity contribution in [3.8, 4) is 5.88 Å². The van der Waals surface area contributed by atoms with Gasteiger partial charge in [0, 0.05) is 29.4 Å². The van der Waals surface area contributed by atoms with Gasteiger partial charge in [-0.25, -0.2) is 4.98 Å². The highest BCUT2D eigenvalue weighted by Gasteiger charge is 2.37. The molecule has 1 amide bonds. The number of halogens is 3. The van der Waals surface area contributed by atoms with Gasteiger partial charge in [-0.3, -0.25) is 9.59 Å². The highest BCUT2D eigenvalue weighted by molar-refractivity contribution is 6.45. The van der Waals surface area contributed by atoms with Gasteiger partial charge in [0.1, 0.15) is 6.10 Å².